The molecule has 0 saturated heterocycles. The average Bonchev–Trinajstić information content (AvgIpc) is 2.45. The molecule has 1 rings (SSSR count). The van der Waals surface area contributed by atoms with Gasteiger partial charge in [-0.2, -0.15) is 0 Å². The van der Waals surface area contributed by atoms with Gasteiger partial charge in [-0.1, -0.05) is 26.0 Å². The van der Waals surface area contributed by atoms with Crippen molar-refractivity contribution in [2.24, 2.45) is 11.7 Å². The average molecular weight is 293 g/mol. The second kappa shape index (κ2) is 8.97. The number of carbonyl (C=O) groups excluding carboxylic acids is 2. The Morgan fingerprint density at radius 3 is 2.43 bits per heavy atom. The fraction of sp³-hybridized carbons (Fsp3) is 0.467. The van der Waals surface area contributed by atoms with Crippen LogP contribution in [0.2, 0.25) is 0 Å². The molecule has 1 aromatic rings. The number of hydrogen-bond donors (Lipinski definition) is 3. The fourth-order valence-electron chi connectivity index (χ4n) is 1.57. The number of hydrogen-bond acceptors (Lipinski definition) is 4. The highest BCUT2D eigenvalue weighted by atomic mass is 16.5. The van der Waals surface area contributed by atoms with E-state index in [0.717, 1.165) is 5.56 Å². The first-order chi connectivity index (χ1) is 9.99. The molecule has 6 nitrogen and oxygen atoms in total. The zero-order valence-electron chi connectivity index (χ0n) is 12.5. The zero-order chi connectivity index (χ0) is 15.7. The monoisotopic (exact) mass is 293 g/mol. The first kappa shape index (κ1) is 17.0. The number of ether oxygens (including phenoxy) is 1. The van der Waals surface area contributed by atoms with Crippen molar-refractivity contribution in [1.82, 2.24) is 10.6 Å². The Bertz CT molecular complexity index is 458. The van der Waals surface area contributed by atoms with Gasteiger partial charge in [0.2, 0.25) is 5.91 Å². The third-order valence-corrected chi connectivity index (χ3v) is 2.76. The van der Waals surface area contributed by atoms with Gasteiger partial charge in [0.25, 0.3) is 5.91 Å². The van der Waals surface area contributed by atoms with Crippen molar-refractivity contribution < 1.29 is 14.3 Å². The van der Waals surface area contributed by atoms with Crippen LogP contribution in [0.4, 0.5) is 0 Å². The van der Waals surface area contributed by atoms with Crippen molar-refractivity contribution in [1.29, 1.82) is 0 Å². The summed E-state index contributed by atoms with van der Waals surface area (Å²) in [5, 5.41) is 6.08. The number of amides is 2. The number of rotatable bonds is 9. The molecule has 0 aliphatic rings. The smallest absolute Gasteiger partial charge is 0.255 e. The van der Waals surface area contributed by atoms with Gasteiger partial charge in [-0.25, -0.2) is 0 Å². The van der Waals surface area contributed by atoms with Crippen molar-refractivity contribution in [3.63, 3.8) is 0 Å². The van der Waals surface area contributed by atoms with E-state index in [1.165, 1.54) is 0 Å². The van der Waals surface area contributed by atoms with Crippen LogP contribution in [0, 0.1) is 5.92 Å². The van der Waals surface area contributed by atoms with Gasteiger partial charge in [0.1, 0.15) is 5.75 Å². The summed E-state index contributed by atoms with van der Waals surface area (Å²) in [4.78, 5) is 21.9. The summed E-state index contributed by atoms with van der Waals surface area (Å²) in [6.45, 7) is 5.63. The van der Waals surface area contributed by atoms with E-state index in [2.05, 4.69) is 10.6 Å². The Hall–Kier alpha value is -2.08. The molecule has 0 aliphatic carbocycles. The highest BCUT2D eigenvalue weighted by Gasteiger charge is 2.04. The molecule has 0 fully saturated rings. The van der Waals surface area contributed by atoms with Crippen molar-refractivity contribution in [3.05, 3.63) is 29.8 Å². The number of nitrogens with one attached hydrogen (secondary N) is 2. The Kier molecular flexibility index (Phi) is 7.25. The first-order valence-corrected chi connectivity index (χ1v) is 6.97. The van der Waals surface area contributed by atoms with E-state index in [1.54, 1.807) is 12.1 Å². The quantitative estimate of drug-likeness (QED) is 0.575. The molecule has 0 aromatic heterocycles. The summed E-state index contributed by atoms with van der Waals surface area (Å²) in [5.41, 5.74) is 6.09. The van der Waals surface area contributed by atoms with Gasteiger partial charge in [-0.15, -0.1) is 0 Å². The molecule has 0 radical (unpaired) electrons. The number of primary amides is 1. The molecule has 0 unspecified atom stereocenters. The number of nitrogens with two attached hydrogens (primary N) is 1. The van der Waals surface area contributed by atoms with Gasteiger partial charge in [0.05, 0.1) is 0 Å². The lowest BCUT2D eigenvalue weighted by atomic mass is 10.2. The van der Waals surface area contributed by atoms with Crippen LogP contribution in [-0.4, -0.2) is 31.5 Å². The summed E-state index contributed by atoms with van der Waals surface area (Å²) in [6.07, 6.45) is 0. The minimum atomic E-state index is -0.496. The molecule has 4 N–H and O–H groups in total. The van der Waals surface area contributed by atoms with Crippen LogP contribution in [0.3, 0.4) is 0 Å². The third-order valence-electron chi connectivity index (χ3n) is 2.76. The first-order valence-electron chi connectivity index (χ1n) is 6.97. The van der Waals surface area contributed by atoms with Crippen molar-refractivity contribution in [2.75, 3.05) is 19.7 Å². The van der Waals surface area contributed by atoms with Gasteiger partial charge in [-0.05, 0) is 17.7 Å². The van der Waals surface area contributed by atoms with E-state index in [9.17, 15) is 9.59 Å². The molecule has 0 heterocycles. The van der Waals surface area contributed by atoms with Crippen LogP contribution in [0.1, 0.15) is 19.4 Å². The fourth-order valence-corrected chi connectivity index (χ4v) is 1.57. The minimum absolute atomic E-state index is 0.0120. The van der Waals surface area contributed by atoms with Crippen molar-refractivity contribution >= 4 is 11.8 Å². The highest BCUT2D eigenvalue weighted by Crippen LogP contribution is 2.11. The summed E-state index contributed by atoms with van der Waals surface area (Å²) in [5.74, 6) is 0.191. The summed E-state index contributed by atoms with van der Waals surface area (Å²) >= 11 is 0. The van der Waals surface area contributed by atoms with E-state index in [4.69, 9.17) is 10.5 Å². The summed E-state index contributed by atoms with van der Waals surface area (Å²) in [6, 6.07) is 7.41. The maximum absolute atomic E-state index is 11.3. The summed E-state index contributed by atoms with van der Waals surface area (Å²) < 4.78 is 5.17. The van der Waals surface area contributed by atoms with Crippen LogP contribution in [0.15, 0.2) is 24.3 Å². The Morgan fingerprint density at radius 2 is 1.86 bits per heavy atom. The maximum Gasteiger partial charge on any atom is 0.255 e. The molecule has 0 aliphatic heterocycles. The van der Waals surface area contributed by atoms with Crippen LogP contribution in [0.25, 0.3) is 0 Å². The van der Waals surface area contributed by atoms with E-state index in [1.807, 2.05) is 26.0 Å². The minimum Gasteiger partial charge on any atom is -0.484 e. The molecule has 1 aromatic carbocycles. The van der Waals surface area contributed by atoms with Crippen LogP contribution < -0.4 is 21.1 Å². The molecule has 0 atom stereocenters. The van der Waals surface area contributed by atoms with E-state index < -0.39 is 5.91 Å². The lowest BCUT2D eigenvalue weighted by Crippen LogP contribution is -2.34. The van der Waals surface area contributed by atoms with Gasteiger partial charge in [0, 0.05) is 25.6 Å². The van der Waals surface area contributed by atoms with Gasteiger partial charge in [-0.3, -0.25) is 9.59 Å². The predicted molar refractivity (Wildman–Crippen MR) is 80.7 cm³/mol. The Balaban J connectivity index is 2.21. The lowest BCUT2D eigenvalue weighted by molar-refractivity contribution is -0.124. The van der Waals surface area contributed by atoms with Gasteiger partial charge in [0.15, 0.2) is 6.61 Å². The standard InChI is InChI=1S/C15H23N3O3/c1-11(2)15(20)18-8-7-17-9-12-3-5-13(6-4-12)21-10-14(16)19/h3-6,11,17H,7-10H2,1-2H3,(H2,16,19)(H,18,20). The van der Waals surface area contributed by atoms with Crippen LogP contribution in [-0.2, 0) is 16.1 Å². The largest absolute Gasteiger partial charge is 0.484 e. The normalized spacial score (nSPS) is 10.4. The SMILES string of the molecule is CC(C)C(=O)NCCNCc1ccc(OCC(N)=O)cc1. The molecule has 6 heteroatoms. The second-order valence-electron chi connectivity index (χ2n) is 5.02. The van der Waals surface area contributed by atoms with Crippen molar-refractivity contribution in [3.8, 4) is 5.75 Å². The van der Waals surface area contributed by atoms with Gasteiger partial charge >= 0.3 is 0 Å². The number of benzene rings is 1. The Labute approximate surface area is 125 Å². The highest BCUT2D eigenvalue weighted by molar-refractivity contribution is 5.77. The molecular formula is C15H23N3O3. The molecule has 2 amide bonds. The molecule has 21 heavy (non-hydrogen) atoms. The van der Waals surface area contributed by atoms with E-state index in [-0.39, 0.29) is 18.4 Å². The molecule has 0 spiro atoms. The van der Waals surface area contributed by atoms with E-state index in [0.29, 0.717) is 25.4 Å². The van der Waals surface area contributed by atoms with E-state index >= 15 is 0 Å². The molecule has 116 valence electrons. The van der Waals surface area contributed by atoms with Crippen molar-refractivity contribution in [2.45, 2.75) is 20.4 Å². The summed E-state index contributed by atoms with van der Waals surface area (Å²) in [7, 11) is 0. The van der Waals surface area contributed by atoms with Crippen LogP contribution >= 0.6 is 0 Å². The van der Waals surface area contributed by atoms with Crippen LogP contribution in [0.5, 0.6) is 5.75 Å². The second-order valence-corrected chi connectivity index (χ2v) is 5.02. The van der Waals surface area contributed by atoms with Gasteiger partial charge < -0.3 is 21.1 Å². The third kappa shape index (κ3) is 7.31. The lowest BCUT2D eigenvalue weighted by Gasteiger charge is -2.09. The molecular weight excluding hydrogens is 270 g/mol. The molecule has 0 bridgehead atoms. The topological polar surface area (TPSA) is 93.4 Å². The zero-order valence-corrected chi connectivity index (χ0v) is 12.5. The predicted octanol–water partition coefficient (Wildman–Crippen LogP) is 0.413. The number of carbonyl (C=O) groups is 2. The Morgan fingerprint density at radius 1 is 1.19 bits per heavy atom. The molecule has 0 saturated carbocycles. The maximum atomic E-state index is 11.3.